The number of β-amino-alcohol motifs (C(OH)–C–C–N with tert-alkyl or cyclic N) is 1. The number of likely N-dealkylation sites (tertiary alicyclic amines) is 1. The third-order valence-electron chi connectivity index (χ3n) is 3.49. The lowest BCUT2D eigenvalue weighted by Gasteiger charge is -2.30. The average molecular weight is 262 g/mol. The van der Waals surface area contributed by atoms with Crippen molar-refractivity contribution in [1.82, 2.24) is 4.90 Å². The number of aliphatic hydroxyl groups is 1. The van der Waals surface area contributed by atoms with E-state index in [0.717, 1.165) is 18.5 Å². The second-order valence-electron chi connectivity index (χ2n) is 5.45. The summed E-state index contributed by atoms with van der Waals surface area (Å²) >= 11 is 0. The molecule has 104 valence electrons. The number of hydrogen-bond acceptors (Lipinski definition) is 2. The van der Waals surface area contributed by atoms with E-state index in [1.165, 1.54) is 5.56 Å². The van der Waals surface area contributed by atoms with E-state index in [-0.39, 0.29) is 12.1 Å². The number of anilines is 1. The standard InChI is InChI=1S/C15H22N2O2/c1-11(2)12-5-3-6-13(9-12)16-15(19)17-8-4-7-14(18)10-17/h3,5-6,9,11,14,18H,4,7-8,10H2,1-2H3,(H,16,19). The summed E-state index contributed by atoms with van der Waals surface area (Å²) in [6, 6.07) is 7.79. The van der Waals surface area contributed by atoms with E-state index in [9.17, 15) is 9.90 Å². The van der Waals surface area contributed by atoms with E-state index < -0.39 is 0 Å². The normalized spacial score (nSPS) is 19.6. The third kappa shape index (κ3) is 3.70. The highest BCUT2D eigenvalue weighted by Crippen LogP contribution is 2.19. The molecule has 1 atom stereocenters. The lowest BCUT2D eigenvalue weighted by molar-refractivity contribution is 0.0883. The first kappa shape index (κ1) is 13.9. The maximum Gasteiger partial charge on any atom is 0.321 e. The van der Waals surface area contributed by atoms with Crippen LogP contribution in [0.4, 0.5) is 10.5 Å². The van der Waals surface area contributed by atoms with Crippen LogP contribution in [0.25, 0.3) is 0 Å². The fraction of sp³-hybridized carbons (Fsp3) is 0.533. The molecule has 1 aromatic carbocycles. The molecular weight excluding hydrogens is 240 g/mol. The Bertz CT molecular complexity index is 446. The van der Waals surface area contributed by atoms with Gasteiger partial charge < -0.3 is 15.3 Å². The number of carbonyl (C=O) groups is 1. The summed E-state index contributed by atoms with van der Waals surface area (Å²) in [6.45, 7) is 5.40. The quantitative estimate of drug-likeness (QED) is 0.861. The molecule has 1 aliphatic rings. The molecule has 1 unspecified atom stereocenters. The number of nitrogens with one attached hydrogen (secondary N) is 1. The van der Waals surface area contributed by atoms with Gasteiger partial charge in [0, 0.05) is 18.8 Å². The summed E-state index contributed by atoms with van der Waals surface area (Å²) in [5, 5.41) is 12.5. The Kier molecular flexibility index (Phi) is 4.43. The molecule has 4 nitrogen and oxygen atoms in total. The van der Waals surface area contributed by atoms with Crippen LogP contribution in [0.5, 0.6) is 0 Å². The number of amides is 2. The molecule has 2 rings (SSSR count). The van der Waals surface area contributed by atoms with Gasteiger partial charge in [0.15, 0.2) is 0 Å². The Balaban J connectivity index is 2.00. The Labute approximate surface area is 114 Å². The van der Waals surface area contributed by atoms with Crippen molar-refractivity contribution in [1.29, 1.82) is 0 Å². The maximum atomic E-state index is 12.1. The summed E-state index contributed by atoms with van der Waals surface area (Å²) in [7, 11) is 0. The van der Waals surface area contributed by atoms with E-state index in [2.05, 4.69) is 25.2 Å². The molecule has 19 heavy (non-hydrogen) atoms. The Hall–Kier alpha value is -1.55. The summed E-state index contributed by atoms with van der Waals surface area (Å²) < 4.78 is 0. The third-order valence-corrected chi connectivity index (χ3v) is 3.49. The number of nitrogens with zero attached hydrogens (tertiary/aromatic N) is 1. The van der Waals surface area contributed by atoms with Crippen LogP contribution in [-0.2, 0) is 0 Å². The fourth-order valence-electron chi connectivity index (χ4n) is 2.32. The van der Waals surface area contributed by atoms with Crippen LogP contribution in [-0.4, -0.2) is 35.2 Å². The van der Waals surface area contributed by atoms with E-state index in [0.29, 0.717) is 19.0 Å². The van der Waals surface area contributed by atoms with Gasteiger partial charge in [0.1, 0.15) is 0 Å². The van der Waals surface area contributed by atoms with Gasteiger partial charge in [0.2, 0.25) is 0 Å². The van der Waals surface area contributed by atoms with Crippen molar-refractivity contribution < 1.29 is 9.90 Å². The monoisotopic (exact) mass is 262 g/mol. The molecule has 1 saturated heterocycles. The molecule has 0 saturated carbocycles. The Morgan fingerprint density at radius 1 is 1.47 bits per heavy atom. The van der Waals surface area contributed by atoms with Gasteiger partial charge >= 0.3 is 6.03 Å². The van der Waals surface area contributed by atoms with Crippen LogP contribution in [0.15, 0.2) is 24.3 Å². The minimum absolute atomic E-state index is 0.125. The van der Waals surface area contributed by atoms with Crippen LogP contribution in [0.1, 0.15) is 38.2 Å². The Morgan fingerprint density at radius 3 is 2.95 bits per heavy atom. The van der Waals surface area contributed by atoms with Gasteiger partial charge in [-0.3, -0.25) is 0 Å². The molecule has 0 spiro atoms. The minimum atomic E-state index is -0.388. The van der Waals surface area contributed by atoms with Gasteiger partial charge in [-0.15, -0.1) is 0 Å². The minimum Gasteiger partial charge on any atom is -0.391 e. The van der Waals surface area contributed by atoms with E-state index in [1.54, 1.807) is 4.90 Å². The highest BCUT2D eigenvalue weighted by Gasteiger charge is 2.21. The summed E-state index contributed by atoms with van der Waals surface area (Å²) in [4.78, 5) is 13.8. The second-order valence-corrected chi connectivity index (χ2v) is 5.45. The molecule has 1 aliphatic heterocycles. The largest absolute Gasteiger partial charge is 0.391 e. The number of piperidine rings is 1. The van der Waals surface area contributed by atoms with Crippen LogP contribution in [0, 0.1) is 0 Å². The fourth-order valence-corrected chi connectivity index (χ4v) is 2.32. The van der Waals surface area contributed by atoms with Gasteiger partial charge in [-0.05, 0) is 36.5 Å². The molecule has 1 aromatic rings. The van der Waals surface area contributed by atoms with E-state index in [4.69, 9.17) is 0 Å². The average Bonchev–Trinajstić information content (AvgIpc) is 2.39. The first-order chi connectivity index (χ1) is 9.06. The zero-order chi connectivity index (χ0) is 13.8. The first-order valence-corrected chi connectivity index (χ1v) is 6.90. The summed E-state index contributed by atoms with van der Waals surface area (Å²) in [5.41, 5.74) is 2.02. The summed E-state index contributed by atoms with van der Waals surface area (Å²) in [6.07, 6.45) is 1.26. The number of benzene rings is 1. The summed E-state index contributed by atoms with van der Waals surface area (Å²) in [5.74, 6) is 0.439. The molecule has 0 bridgehead atoms. The molecule has 0 radical (unpaired) electrons. The highest BCUT2D eigenvalue weighted by molar-refractivity contribution is 5.89. The SMILES string of the molecule is CC(C)c1cccc(NC(=O)N2CCCC(O)C2)c1. The topological polar surface area (TPSA) is 52.6 Å². The van der Waals surface area contributed by atoms with Gasteiger partial charge in [0.05, 0.1) is 6.10 Å². The van der Waals surface area contributed by atoms with E-state index in [1.807, 2.05) is 18.2 Å². The van der Waals surface area contributed by atoms with Gasteiger partial charge in [0.25, 0.3) is 0 Å². The van der Waals surface area contributed by atoms with Crippen molar-refractivity contribution in [3.63, 3.8) is 0 Å². The number of hydrogen-bond donors (Lipinski definition) is 2. The van der Waals surface area contributed by atoms with Crippen LogP contribution in [0.2, 0.25) is 0 Å². The predicted molar refractivity (Wildman–Crippen MR) is 76.4 cm³/mol. The molecule has 0 aliphatic carbocycles. The molecule has 1 fully saturated rings. The first-order valence-electron chi connectivity index (χ1n) is 6.90. The van der Waals surface area contributed by atoms with Crippen LogP contribution < -0.4 is 5.32 Å². The van der Waals surface area contributed by atoms with Crippen molar-refractivity contribution in [3.8, 4) is 0 Å². The zero-order valence-electron chi connectivity index (χ0n) is 11.6. The lowest BCUT2D eigenvalue weighted by atomic mass is 10.0. The molecule has 1 heterocycles. The molecule has 2 N–H and O–H groups in total. The number of carbonyl (C=O) groups excluding carboxylic acids is 1. The van der Waals surface area contributed by atoms with Crippen molar-refractivity contribution in [2.24, 2.45) is 0 Å². The maximum absolute atomic E-state index is 12.1. The van der Waals surface area contributed by atoms with Gasteiger partial charge in [-0.1, -0.05) is 26.0 Å². The smallest absolute Gasteiger partial charge is 0.321 e. The Morgan fingerprint density at radius 2 is 2.26 bits per heavy atom. The zero-order valence-corrected chi connectivity index (χ0v) is 11.6. The number of urea groups is 1. The molecule has 0 aromatic heterocycles. The van der Waals surface area contributed by atoms with Gasteiger partial charge in [-0.2, -0.15) is 0 Å². The molecular formula is C15H22N2O2. The van der Waals surface area contributed by atoms with Crippen molar-refractivity contribution in [3.05, 3.63) is 29.8 Å². The second kappa shape index (κ2) is 6.06. The molecule has 4 heteroatoms. The number of rotatable bonds is 2. The van der Waals surface area contributed by atoms with Gasteiger partial charge in [-0.25, -0.2) is 4.79 Å². The van der Waals surface area contributed by atoms with E-state index >= 15 is 0 Å². The molecule has 2 amide bonds. The van der Waals surface area contributed by atoms with Crippen LogP contribution >= 0.6 is 0 Å². The van der Waals surface area contributed by atoms with Crippen molar-refractivity contribution in [2.75, 3.05) is 18.4 Å². The van der Waals surface area contributed by atoms with Crippen molar-refractivity contribution in [2.45, 2.75) is 38.7 Å². The highest BCUT2D eigenvalue weighted by atomic mass is 16.3. The number of aliphatic hydroxyl groups excluding tert-OH is 1. The lowest BCUT2D eigenvalue weighted by Crippen LogP contribution is -2.44. The predicted octanol–water partition coefficient (Wildman–Crippen LogP) is 2.80. The van der Waals surface area contributed by atoms with Crippen LogP contribution in [0.3, 0.4) is 0 Å². The van der Waals surface area contributed by atoms with Crippen molar-refractivity contribution >= 4 is 11.7 Å².